The number of hydrogen-bond donors (Lipinski definition) is 1. The lowest BCUT2D eigenvalue weighted by atomic mass is 9.63. The topological polar surface area (TPSA) is 38.3 Å². The molecular formula is C17H31NO2. The third-order valence-corrected chi connectivity index (χ3v) is 4.14. The Labute approximate surface area is 124 Å². The van der Waals surface area contributed by atoms with Crippen LogP contribution in [-0.2, 0) is 9.53 Å². The Bertz CT molecular complexity index is 353. The van der Waals surface area contributed by atoms with Crippen LogP contribution >= 0.6 is 0 Å². The molecule has 0 unspecified atom stereocenters. The van der Waals surface area contributed by atoms with E-state index in [9.17, 15) is 4.79 Å². The number of rotatable bonds is 5. The van der Waals surface area contributed by atoms with Crippen molar-refractivity contribution in [1.82, 2.24) is 5.32 Å². The van der Waals surface area contributed by atoms with E-state index in [2.05, 4.69) is 33.0 Å². The summed E-state index contributed by atoms with van der Waals surface area (Å²) < 4.78 is 4.78. The van der Waals surface area contributed by atoms with Gasteiger partial charge < -0.3 is 10.1 Å². The van der Waals surface area contributed by atoms with Gasteiger partial charge in [-0.15, -0.1) is 0 Å². The second-order valence-electron chi connectivity index (χ2n) is 7.59. The van der Waals surface area contributed by atoms with E-state index in [4.69, 9.17) is 4.74 Å². The molecule has 0 spiro atoms. The van der Waals surface area contributed by atoms with Crippen molar-refractivity contribution >= 4 is 5.97 Å². The normalized spacial score (nSPS) is 22.6. The SMILES string of the molecule is CCC(=CCNC1CC(C)(C)CC(C)(C)C1)C(=O)OC. The van der Waals surface area contributed by atoms with Gasteiger partial charge in [0.05, 0.1) is 7.11 Å². The zero-order chi connectivity index (χ0) is 15.4. The highest BCUT2D eigenvalue weighted by Gasteiger charge is 2.37. The van der Waals surface area contributed by atoms with E-state index >= 15 is 0 Å². The fraction of sp³-hybridized carbons (Fsp3) is 0.824. The van der Waals surface area contributed by atoms with Gasteiger partial charge in [0.15, 0.2) is 0 Å². The summed E-state index contributed by atoms with van der Waals surface area (Å²) in [5.74, 6) is -0.210. The highest BCUT2D eigenvalue weighted by Crippen LogP contribution is 2.45. The molecule has 1 rings (SSSR count). The maximum atomic E-state index is 11.5. The van der Waals surface area contributed by atoms with E-state index < -0.39 is 0 Å². The molecule has 0 saturated heterocycles. The highest BCUT2D eigenvalue weighted by molar-refractivity contribution is 5.88. The van der Waals surface area contributed by atoms with Crippen molar-refractivity contribution in [3.63, 3.8) is 0 Å². The molecule has 3 heteroatoms. The summed E-state index contributed by atoms with van der Waals surface area (Å²) in [4.78, 5) is 11.5. The maximum Gasteiger partial charge on any atom is 0.333 e. The summed E-state index contributed by atoms with van der Waals surface area (Å²) in [7, 11) is 1.44. The molecular weight excluding hydrogens is 250 g/mol. The Morgan fingerprint density at radius 1 is 1.25 bits per heavy atom. The first kappa shape index (κ1) is 17.2. The molecule has 0 atom stereocenters. The second-order valence-corrected chi connectivity index (χ2v) is 7.59. The van der Waals surface area contributed by atoms with Crippen LogP contribution in [0.3, 0.4) is 0 Å². The van der Waals surface area contributed by atoms with Crippen molar-refractivity contribution in [2.24, 2.45) is 10.8 Å². The lowest BCUT2D eigenvalue weighted by Gasteiger charge is -2.45. The van der Waals surface area contributed by atoms with Crippen LogP contribution in [0.2, 0.25) is 0 Å². The standard InChI is InChI=1S/C17H31NO2/c1-7-13(15(19)20-6)8-9-18-14-10-16(2,3)12-17(4,5)11-14/h8,14,18H,7,9-12H2,1-6H3. The van der Waals surface area contributed by atoms with Gasteiger partial charge in [-0.2, -0.15) is 0 Å². The Hall–Kier alpha value is -0.830. The maximum absolute atomic E-state index is 11.5. The third-order valence-electron chi connectivity index (χ3n) is 4.14. The van der Waals surface area contributed by atoms with Crippen LogP contribution in [0.1, 0.15) is 60.3 Å². The van der Waals surface area contributed by atoms with Gasteiger partial charge in [-0.25, -0.2) is 4.79 Å². The molecule has 1 saturated carbocycles. The number of esters is 1. The lowest BCUT2D eigenvalue weighted by molar-refractivity contribution is -0.136. The first-order valence-electron chi connectivity index (χ1n) is 7.70. The molecule has 0 heterocycles. The Balaban J connectivity index is 2.57. The molecule has 1 N–H and O–H groups in total. The molecule has 0 amide bonds. The predicted octanol–water partition coefficient (Wildman–Crippen LogP) is 3.69. The minimum absolute atomic E-state index is 0.210. The van der Waals surface area contributed by atoms with Gasteiger partial charge in [0.2, 0.25) is 0 Å². The number of carbonyl (C=O) groups is 1. The van der Waals surface area contributed by atoms with Gasteiger partial charge >= 0.3 is 5.97 Å². The van der Waals surface area contributed by atoms with E-state index in [1.54, 1.807) is 0 Å². The van der Waals surface area contributed by atoms with Crippen LogP contribution in [0, 0.1) is 10.8 Å². The predicted molar refractivity (Wildman–Crippen MR) is 83.6 cm³/mol. The fourth-order valence-corrected chi connectivity index (χ4v) is 3.84. The first-order chi connectivity index (χ1) is 9.19. The average molecular weight is 281 g/mol. The minimum Gasteiger partial charge on any atom is -0.466 e. The van der Waals surface area contributed by atoms with Gasteiger partial charge in [0, 0.05) is 18.2 Å². The Morgan fingerprint density at radius 3 is 2.25 bits per heavy atom. The lowest BCUT2D eigenvalue weighted by Crippen LogP contribution is -2.44. The molecule has 20 heavy (non-hydrogen) atoms. The van der Waals surface area contributed by atoms with Gasteiger partial charge in [-0.05, 0) is 36.5 Å². The molecule has 3 nitrogen and oxygen atoms in total. The van der Waals surface area contributed by atoms with Crippen molar-refractivity contribution < 1.29 is 9.53 Å². The number of nitrogens with one attached hydrogen (secondary N) is 1. The average Bonchev–Trinajstić information content (AvgIpc) is 2.30. The third kappa shape index (κ3) is 5.28. The van der Waals surface area contributed by atoms with Gasteiger partial charge in [0.1, 0.15) is 0 Å². The summed E-state index contributed by atoms with van der Waals surface area (Å²) in [5, 5.41) is 3.59. The summed E-state index contributed by atoms with van der Waals surface area (Å²) in [6.45, 7) is 12.1. The quantitative estimate of drug-likeness (QED) is 0.617. The van der Waals surface area contributed by atoms with Crippen LogP contribution in [0.5, 0.6) is 0 Å². The van der Waals surface area contributed by atoms with Crippen molar-refractivity contribution in [2.75, 3.05) is 13.7 Å². The molecule has 0 aromatic carbocycles. The number of hydrogen-bond acceptors (Lipinski definition) is 3. The summed E-state index contributed by atoms with van der Waals surface area (Å²) in [5.41, 5.74) is 1.53. The van der Waals surface area contributed by atoms with Crippen LogP contribution < -0.4 is 5.32 Å². The van der Waals surface area contributed by atoms with Crippen molar-refractivity contribution in [3.8, 4) is 0 Å². The largest absolute Gasteiger partial charge is 0.466 e. The summed E-state index contributed by atoms with van der Waals surface area (Å²) in [6, 6.07) is 0.528. The van der Waals surface area contributed by atoms with Crippen LogP contribution in [0.25, 0.3) is 0 Å². The highest BCUT2D eigenvalue weighted by atomic mass is 16.5. The van der Waals surface area contributed by atoms with E-state index in [-0.39, 0.29) is 5.97 Å². The molecule has 1 fully saturated rings. The van der Waals surface area contributed by atoms with E-state index in [1.165, 1.54) is 26.4 Å². The van der Waals surface area contributed by atoms with Crippen molar-refractivity contribution in [2.45, 2.75) is 66.3 Å². The minimum atomic E-state index is -0.210. The van der Waals surface area contributed by atoms with Crippen LogP contribution in [-0.4, -0.2) is 25.7 Å². The first-order valence-corrected chi connectivity index (χ1v) is 7.70. The second kappa shape index (κ2) is 6.75. The van der Waals surface area contributed by atoms with Crippen LogP contribution in [0.15, 0.2) is 11.6 Å². The molecule has 0 aromatic rings. The molecule has 0 aliphatic heterocycles. The van der Waals surface area contributed by atoms with Gasteiger partial charge in [-0.1, -0.05) is 40.7 Å². The molecule has 0 bridgehead atoms. The van der Waals surface area contributed by atoms with E-state index in [1.807, 2.05) is 13.0 Å². The Kier molecular flexibility index (Phi) is 5.81. The van der Waals surface area contributed by atoms with Gasteiger partial charge in [0.25, 0.3) is 0 Å². The number of methoxy groups -OCH3 is 1. The van der Waals surface area contributed by atoms with E-state index in [0.29, 0.717) is 16.9 Å². The van der Waals surface area contributed by atoms with Crippen molar-refractivity contribution in [3.05, 3.63) is 11.6 Å². The van der Waals surface area contributed by atoms with Crippen LogP contribution in [0.4, 0.5) is 0 Å². The van der Waals surface area contributed by atoms with Crippen molar-refractivity contribution in [1.29, 1.82) is 0 Å². The van der Waals surface area contributed by atoms with E-state index in [0.717, 1.165) is 18.5 Å². The number of ether oxygens (including phenoxy) is 1. The summed E-state index contributed by atoms with van der Waals surface area (Å²) >= 11 is 0. The Morgan fingerprint density at radius 2 is 1.80 bits per heavy atom. The zero-order valence-corrected chi connectivity index (χ0v) is 14.0. The summed E-state index contributed by atoms with van der Waals surface area (Å²) in [6.07, 6.45) is 6.36. The molecule has 0 aromatic heterocycles. The molecule has 116 valence electrons. The molecule has 1 aliphatic carbocycles. The zero-order valence-electron chi connectivity index (χ0n) is 14.0. The molecule has 1 aliphatic rings. The van der Waals surface area contributed by atoms with Gasteiger partial charge in [-0.3, -0.25) is 0 Å². The fourth-order valence-electron chi connectivity index (χ4n) is 3.84. The molecule has 0 radical (unpaired) electrons. The number of carbonyl (C=O) groups excluding carboxylic acids is 1. The smallest absolute Gasteiger partial charge is 0.333 e. The monoisotopic (exact) mass is 281 g/mol.